The summed E-state index contributed by atoms with van der Waals surface area (Å²) < 4.78 is 5.52. The van der Waals surface area contributed by atoms with Crippen molar-refractivity contribution in [2.45, 2.75) is 110 Å². The first-order valence-corrected chi connectivity index (χ1v) is 11.3. The smallest absolute Gasteiger partial charge is 0.302 e. The van der Waals surface area contributed by atoms with E-state index in [0.717, 1.165) is 42.4 Å². The molecule has 0 N–H and O–H groups in total. The second kappa shape index (κ2) is 9.42. The SMILES string of the molecule is CCC[C@H]1CC[C@H](C2CCC([C@H]3CCC[C@@H](OC(C)=O)C3)CC2)CC1. The monoisotopic (exact) mass is 348 g/mol. The number of ether oxygens (including phenoxy) is 1. The van der Waals surface area contributed by atoms with Crippen molar-refractivity contribution in [1.82, 2.24) is 0 Å². The quantitative estimate of drug-likeness (QED) is 0.529. The molecule has 0 unspecified atom stereocenters. The van der Waals surface area contributed by atoms with Crippen LogP contribution in [0.25, 0.3) is 0 Å². The van der Waals surface area contributed by atoms with Crippen LogP contribution in [0.15, 0.2) is 0 Å². The minimum Gasteiger partial charge on any atom is -0.463 e. The molecule has 0 amide bonds. The van der Waals surface area contributed by atoms with Crippen molar-refractivity contribution in [3.05, 3.63) is 0 Å². The van der Waals surface area contributed by atoms with Gasteiger partial charge in [0.25, 0.3) is 0 Å². The number of hydrogen-bond acceptors (Lipinski definition) is 2. The molecule has 0 aromatic heterocycles. The van der Waals surface area contributed by atoms with Crippen molar-refractivity contribution in [3.63, 3.8) is 0 Å². The normalized spacial score (nSPS) is 39.8. The van der Waals surface area contributed by atoms with Gasteiger partial charge in [-0.15, -0.1) is 0 Å². The lowest BCUT2D eigenvalue weighted by Gasteiger charge is -2.41. The fourth-order valence-corrected chi connectivity index (χ4v) is 6.40. The Bertz CT molecular complexity index is 402. The van der Waals surface area contributed by atoms with Crippen LogP contribution in [0.4, 0.5) is 0 Å². The van der Waals surface area contributed by atoms with Gasteiger partial charge in [0.2, 0.25) is 0 Å². The van der Waals surface area contributed by atoms with E-state index in [2.05, 4.69) is 6.92 Å². The van der Waals surface area contributed by atoms with Crippen molar-refractivity contribution < 1.29 is 9.53 Å². The molecule has 0 aromatic rings. The number of carbonyl (C=O) groups is 1. The highest BCUT2D eigenvalue weighted by Crippen LogP contribution is 2.45. The van der Waals surface area contributed by atoms with E-state index in [4.69, 9.17) is 4.74 Å². The predicted octanol–water partition coefficient (Wildman–Crippen LogP) is 6.52. The number of rotatable bonds is 5. The lowest BCUT2D eigenvalue weighted by atomic mass is 9.65. The molecule has 2 atom stereocenters. The van der Waals surface area contributed by atoms with E-state index in [1.54, 1.807) is 6.92 Å². The van der Waals surface area contributed by atoms with E-state index in [0.29, 0.717) is 0 Å². The largest absolute Gasteiger partial charge is 0.463 e. The fourth-order valence-electron chi connectivity index (χ4n) is 6.40. The second-order valence-electron chi connectivity index (χ2n) is 9.40. The number of esters is 1. The molecule has 2 nitrogen and oxygen atoms in total. The average molecular weight is 349 g/mol. The fraction of sp³-hybridized carbons (Fsp3) is 0.957. The summed E-state index contributed by atoms with van der Waals surface area (Å²) >= 11 is 0. The summed E-state index contributed by atoms with van der Waals surface area (Å²) in [6, 6.07) is 0. The first-order valence-electron chi connectivity index (χ1n) is 11.3. The van der Waals surface area contributed by atoms with Crippen LogP contribution < -0.4 is 0 Å². The Hall–Kier alpha value is -0.530. The molecule has 0 aliphatic heterocycles. The standard InChI is InChI=1S/C23H40O2/c1-3-5-18-8-10-19(11-9-18)20-12-14-21(15-13-20)22-6-4-7-23(16-22)25-17(2)24/h18-23H,3-16H2,1-2H3/t18-,19-,20?,21?,22-,23+/m0/s1. The van der Waals surface area contributed by atoms with Gasteiger partial charge in [0.15, 0.2) is 0 Å². The van der Waals surface area contributed by atoms with E-state index in [9.17, 15) is 4.79 Å². The summed E-state index contributed by atoms with van der Waals surface area (Å²) in [4.78, 5) is 11.3. The minimum absolute atomic E-state index is 0.0898. The summed E-state index contributed by atoms with van der Waals surface area (Å²) in [5.41, 5.74) is 0. The van der Waals surface area contributed by atoms with Crippen LogP contribution in [0.2, 0.25) is 0 Å². The maximum atomic E-state index is 11.3. The molecule has 3 rings (SSSR count). The van der Waals surface area contributed by atoms with E-state index in [1.165, 1.54) is 77.0 Å². The average Bonchev–Trinajstić information content (AvgIpc) is 2.63. The molecule has 3 aliphatic carbocycles. The molecule has 144 valence electrons. The summed E-state index contributed by atoms with van der Waals surface area (Å²) in [5.74, 6) is 4.73. The highest BCUT2D eigenvalue weighted by molar-refractivity contribution is 5.66. The van der Waals surface area contributed by atoms with Crippen LogP contribution in [0.1, 0.15) is 104 Å². The molecule has 0 saturated heterocycles. The number of carbonyl (C=O) groups excluding carboxylic acids is 1. The van der Waals surface area contributed by atoms with Crippen molar-refractivity contribution in [3.8, 4) is 0 Å². The highest BCUT2D eigenvalue weighted by Gasteiger charge is 2.35. The molecule has 3 fully saturated rings. The third-order valence-corrected chi connectivity index (χ3v) is 7.74. The van der Waals surface area contributed by atoms with Crippen LogP contribution in [0.3, 0.4) is 0 Å². The third kappa shape index (κ3) is 5.47. The Morgan fingerprint density at radius 1 is 0.800 bits per heavy atom. The first-order chi connectivity index (χ1) is 12.2. The van der Waals surface area contributed by atoms with Crippen LogP contribution in [0.5, 0.6) is 0 Å². The zero-order valence-electron chi connectivity index (χ0n) is 16.7. The van der Waals surface area contributed by atoms with E-state index < -0.39 is 0 Å². The zero-order valence-corrected chi connectivity index (χ0v) is 16.7. The summed E-state index contributed by atoms with van der Waals surface area (Å²) in [7, 11) is 0. The lowest BCUT2D eigenvalue weighted by molar-refractivity contribution is -0.149. The highest BCUT2D eigenvalue weighted by atomic mass is 16.5. The molecule has 3 aliphatic rings. The van der Waals surface area contributed by atoms with Gasteiger partial charge in [0.1, 0.15) is 6.10 Å². The first kappa shape index (κ1) is 19.2. The molecular weight excluding hydrogens is 308 g/mol. The third-order valence-electron chi connectivity index (χ3n) is 7.74. The Kier molecular flexibility index (Phi) is 7.25. The van der Waals surface area contributed by atoms with Gasteiger partial charge in [-0.05, 0) is 93.8 Å². The lowest BCUT2D eigenvalue weighted by Crippen LogP contribution is -2.32. The Morgan fingerprint density at radius 2 is 1.36 bits per heavy atom. The second-order valence-corrected chi connectivity index (χ2v) is 9.40. The van der Waals surface area contributed by atoms with Gasteiger partial charge < -0.3 is 4.74 Å². The maximum Gasteiger partial charge on any atom is 0.302 e. The van der Waals surface area contributed by atoms with Gasteiger partial charge in [0.05, 0.1) is 0 Å². The molecule has 0 heterocycles. The maximum absolute atomic E-state index is 11.3. The van der Waals surface area contributed by atoms with Gasteiger partial charge in [-0.1, -0.05) is 32.6 Å². The van der Waals surface area contributed by atoms with Crippen molar-refractivity contribution in [1.29, 1.82) is 0 Å². The van der Waals surface area contributed by atoms with Gasteiger partial charge in [-0.2, -0.15) is 0 Å². The molecule has 0 radical (unpaired) electrons. The van der Waals surface area contributed by atoms with E-state index in [1.807, 2.05) is 0 Å². The van der Waals surface area contributed by atoms with Gasteiger partial charge in [0, 0.05) is 6.92 Å². The summed E-state index contributed by atoms with van der Waals surface area (Å²) in [5, 5.41) is 0. The Balaban J connectivity index is 1.40. The molecule has 0 spiro atoms. The zero-order chi connectivity index (χ0) is 17.6. The molecular formula is C23H40O2. The predicted molar refractivity (Wildman–Crippen MR) is 103 cm³/mol. The number of hydrogen-bond donors (Lipinski definition) is 0. The Morgan fingerprint density at radius 3 is 1.92 bits per heavy atom. The van der Waals surface area contributed by atoms with Gasteiger partial charge >= 0.3 is 5.97 Å². The van der Waals surface area contributed by atoms with Crippen LogP contribution in [-0.2, 0) is 9.53 Å². The Labute approximate surface area is 155 Å². The molecule has 25 heavy (non-hydrogen) atoms. The summed E-state index contributed by atoms with van der Waals surface area (Å²) in [6.45, 7) is 3.90. The topological polar surface area (TPSA) is 26.3 Å². The molecule has 0 bridgehead atoms. The summed E-state index contributed by atoms with van der Waals surface area (Å²) in [6.07, 6.45) is 19.8. The van der Waals surface area contributed by atoms with Crippen molar-refractivity contribution in [2.24, 2.45) is 29.6 Å². The van der Waals surface area contributed by atoms with E-state index >= 15 is 0 Å². The molecule has 3 saturated carbocycles. The van der Waals surface area contributed by atoms with Crippen molar-refractivity contribution >= 4 is 5.97 Å². The van der Waals surface area contributed by atoms with Gasteiger partial charge in [-0.3, -0.25) is 4.79 Å². The van der Waals surface area contributed by atoms with Crippen LogP contribution in [-0.4, -0.2) is 12.1 Å². The van der Waals surface area contributed by atoms with E-state index in [-0.39, 0.29) is 12.1 Å². The molecule has 0 aromatic carbocycles. The minimum atomic E-state index is -0.0898. The van der Waals surface area contributed by atoms with Gasteiger partial charge in [-0.25, -0.2) is 0 Å². The van der Waals surface area contributed by atoms with Crippen molar-refractivity contribution in [2.75, 3.05) is 0 Å². The van der Waals surface area contributed by atoms with Crippen LogP contribution >= 0.6 is 0 Å². The molecule has 2 heteroatoms. The van der Waals surface area contributed by atoms with Crippen LogP contribution in [0, 0.1) is 29.6 Å².